The number of carbonyl (C=O) groups excluding carboxylic acids is 1. The van der Waals surface area contributed by atoms with Crippen molar-refractivity contribution in [1.29, 1.82) is 0 Å². The minimum atomic E-state index is -3.06. The maximum absolute atomic E-state index is 12.2. The van der Waals surface area contributed by atoms with Crippen molar-refractivity contribution in [3.8, 4) is 0 Å². The highest BCUT2D eigenvalue weighted by molar-refractivity contribution is 6.62. The number of primary amides is 1. The van der Waals surface area contributed by atoms with Gasteiger partial charge in [-0.15, -0.1) is 0 Å². The summed E-state index contributed by atoms with van der Waals surface area (Å²) in [6.07, 6.45) is 1.37. The third-order valence-corrected chi connectivity index (χ3v) is 7.58. The van der Waals surface area contributed by atoms with E-state index in [0.717, 1.165) is 12.0 Å². The molecule has 0 saturated heterocycles. The third kappa shape index (κ3) is 6.11. The molecule has 0 aliphatic carbocycles. The molecule has 7 heteroatoms. The van der Waals surface area contributed by atoms with Crippen molar-refractivity contribution in [2.45, 2.75) is 46.2 Å². The summed E-state index contributed by atoms with van der Waals surface area (Å²) in [5.74, 6) is 0. The van der Waals surface area contributed by atoms with Crippen LogP contribution in [0.3, 0.4) is 0 Å². The van der Waals surface area contributed by atoms with Crippen molar-refractivity contribution >= 4 is 14.8 Å². The van der Waals surface area contributed by atoms with Crippen LogP contribution in [-0.2, 0) is 19.7 Å². The number of amides is 2. The van der Waals surface area contributed by atoms with Crippen LogP contribution < -0.4 is 5.73 Å². The summed E-state index contributed by atoms with van der Waals surface area (Å²) >= 11 is 0. The van der Waals surface area contributed by atoms with E-state index in [0.29, 0.717) is 32.8 Å². The van der Waals surface area contributed by atoms with Gasteiger partial charge >= 0.3 is 14.8 Å². The minimum Gasteiger partial charge on any atom is -0.373 e. The van der Waals surface area contributed by atoms with Crippen LogP contribution in [0.4, 0.5) is 4.79 Å². The second kappa shape index (κ2) is 11.3. The molecule has 0 radical (unpaired) electrons. The summed E-state index contributed by atoms with van der Waals surface area (Å²) in [6, 6.07) is 9.55. The summed E-state index contributed by atoms with van der Waals surface area (Å²) < 4.78 is 18.0. The van der Waals surface area contributed by atoms with E-state index in [9.17, 15) is 4.79 Å². The lowest BCUT2D eigenvalue weighted by atomic mass is 10.1. The van der Waals surface area contributed by atoms with Gasteiger partial charge in [0.1, 0.15) is 5.67 Å². The molecule has 0 aliphatic heterocycles. The van der Waals surface area contributed by atoms with Crippen molar-refractivity contribution in [2.75, 3.05) is 26.4 Å². The van der Waals surface area contributed by atoms with E-state index < -0.39 is 14.8 Å². The Balaban J connectivity index is 3.05. The van der Waals surface area contributed by atoms with Crippen LogP contribution >= 0.6 is 0 Å². The fraction of sp³-hybridized carbons (Fsp3) is 0.611. The molecule has 0 heterocycles. The monoisotopic (exact) mass is 368 g/mol. The molecule has 142 valence electrons. The first-order chi connectivity index (χ1) is 12.0. The van der Waals surface area contributed by atoms with Crippen LogP contribution in [0, 0.1) is 0 Å². The topological polar surface area (TPSA) is 74.0 Å². The standard InChI is InChI=1S/C18H32N2O4Si/c1-5-17(25(22-6-2,23-7-3)24-8-4)20(18(19)21)15-14-16-12-10-9-11-13-16/h9-13,17H,5-8,14-15H2,1-4H3,(H2,19,21)/t17-/m0/s1. The summed E-state index contributed by atoms with van der Waals surface area (Å²) in [4.78, 5) is 13.8. The van der Waals surface area contributed by atoms with Crippen LogP contribution in [-0.4, -0.2) is 51.8 Å². The minimum absolute atomic E-state index is 0.298. The van der Waals surface area contributed by atoms with Crippen LogP contribution in [0.1, 0.15) is 39.7 Å². The second-order valence-electron chi connectivity index (χ2n) is 5.59. The smallest absolute Gasteiger partial charge is 0.373 e. The molecule has 0 aliphatic rings. The fourth-order valence-electron chi connectivity index (χ4n) is 2.99. The summed E-state index contributed by atoms with van der Waals surface area (Å²) in [5, 5.41) is 0. The zero-order chi connectivity index (χ0) is 18.7. The molecular formula is C18H32N2O4Si. The molecule has 0 unspecified atom stereocenters. The molecule has 25 heavy (non-hydrogen) atoms. The summed E-state index contributed by atoms with van der Waals surface area (Å²) in [5.41, 5.74) is 6.56. The molecule has 2 N–H and O–H groups in total. The molecule has 1 aromatic carbocycles. The van der Waals surface area contributed by atoms with E-state index in [1.54, 1.807) is 4.90 Å². The molecule has 0 bridgehead atoms. The van der Waals surface area contributed by atoms with E-state index in [4.69, 9.17) is 19.0 Å². The quantitative estimate of drug-likeness (QED) is 0.576. The number of nitrogens with two attached hydrogens (primary N) is 1. The lowest BCUT2D eigenvalue weighted by Crippen LogP contribution is -2.65. The van der Waals surface area contributed by atoms with Gasteiger partial charge in [-0.25, -0.2) is 4.79 Å². The number of urea groups is 1. The number of hydrogen-bond acceptors (Lipinski definition) is 4. The van der Waals surface area contributed by atoms with Crippen molar-refractivity contribution in [3.63, 3.8) is 0 Å². The Hall–Kier alpha value is -1.41. The molecule has 2 amide bonds. The molecule has 1 aromatic rings. The van der Waals surface area contributed by atoms with E-state index in [1.807, 2.05) is 58.0 Å². The Kier molecular flexibility index (Phi) is 9.73. The molecule has 0 saturated carbocycles. The number of nitrogens with zero attached hydrogens (tertiary/aromatic N) is 1. The van der Waals surface area contributed by atoms with Gasteiger partial charge in [0.15, 0.2) is 0 Å². The largest absolute Gasteiger partial charge is 0.524 e. The fourth-order valence-corrected chi connectivity index (χ4v) is 6.16. The maximum Gasteiger partial charge on any atom is 0.524 e. The summed E-state index contributed by atoms with van der Waals surface area (Å²) in [6.45, 7) is 9.62. The number of carbonyl (C=O) groups is 1. The van der Waals surface area contributed by atoms with Crippen molar-refractivity contribution in [3.05, 3.63) is 35.9 Å². The van der Waals surface area contributed by atoms with Crippen molar-refractivity contribution in [2.24, 2.45) is 5.73 Å². The Bertz CT molecular complexity index is 484. The summed E-state index contributed by atoms with van der Waals surface area (Å²) in [7, 11) is -3.06. The van der Waals surface area contributed by atoms with Gasteiger partial charge in [-0.2, -0.15) is 0 Å². The first kappa shape index (κ1) is 21.6. The molecule has 1 rings (SSSR count). The molecular weight excluding hydrogens is 336 g/mol. The lowest BCUT2D eigenvalue weighted by Gasteiger charge is -2.40. The first-order valence-electron chi connectivity index (χ1n) is 9.06. The predicted octanol–water partition coefficient (Wildman–Crippen LogP) is 2.98. The highest BCUT2D eigenvalue weighted by Crippen LogP contribution is 2.23. The van der Waals surface area contributed by atoms with Gasteiger partial charge in [-0.1, -0.05) is 37.3 Å². The van der Waals surface area contributed by atoms with Gasteiger partial charge in [0.25, 0.3) is 0 Å². The van der Waals surface area contributed by atoms with Crippen LogP contribution in [0.5, 0.6) is 0 Å². The van der Waals surface area contributed by atoms with Gasteiger partial charge in [-0.05, 0) is 39.2 Å². The molecule has 6 nitrogen and oxygen atoms in total. The van der Waals surface area contributed by atoms with Crippen molar-refractivity contribution in [1.82, 2.24) is 4.90 Å². The van der Waals surface area contributed by atoms with Crippen LogP contribution in [0.15, 0.2) is 30.3 Å². The van der Waals surface area contributed by atoms with Gasteiger partial charge in [0.05, 0.1) is 0 Å². The van der Waals surface area contributed by atoms with Crippen molar-refractivity contribution < 1.29 is 18.1 Å². The zero-order valence-corrected chi connectivity index (χ0v) is 16.9. The predicted molar refractivity (Wildman–Crippen MR) is 101 cm³/mol. The Morgan fingerprint density at radius 1 is 1.04 bits per heavy atom. The highest BCUT2D eigenvalue weighted by atomic mass is 28.4. The lowest BCUT2D eigenvalue weighted by molar-refractivity contribution is 0.0410. The average molecular weight is 369 g/mol. The van der Waals surface area contributed by atoms with E-state index in [-0.39, 0.29) is 5.67 Å². The number of rotatable bonds is 12. The molecule has 0 fully saturated rings. The van der Waals surface area contributed by atoms with E-state index in [2.05, 4.69) is 0 Å². The number of benzene rings is 1. The molecule has 0 aromatic heterocycles. The van der Waals surface area contributed by atoms with Gasteiger partial charge in [-0.3, -0.25) is 0 Å². The zero-order valence-electron chi connectivity index (χ0n) is 15.9. The van der Waals surface area contributed by atoms with Crippen LogP contribution in [0.2, 0.25) is 0 Å². The average Bonchev–Trinajstić information content (AvgIpc) is 2.59. The van der Waals surface area contributed by atoms with Crippen LogP contribution in [0.25, 0.3) is 0 Å². The molecule has 1 atom stereocenters. The second-order valence-corrected chi connectivity index (χ2v) is 8.33. The Labute approximate surface area is 152 Å². The maximum atomic E-state index is 12.2. The van der Waals surface area contributed by atoms with E-state index >= 15 is 0 Å². The number of hydrogen-bond donors (Lipinski definition) is 1. The SMILES string of the molecule is CCO[Si](OCC)(OCC)[C@@H](CC)N(CCc1ccccc1)C(N)=O. The van der Waals surface area contributed by atoms with E-state index in [1.165, 1.54) is 0 Å². The highest BCUT2D eigenvalue weighted by Gasteiger charge is 2.52. The molecule has 0 spiro atoms. The Morgan fingerprint density at radius 3 is 1.96 bits per heavy atom. The Morgan fingerprint density at radius 2 is 1.56 bits per heavy atom. The normalized spacial score (nSPS) is 12.8. The third-order valence-electron chi connectivity index (χ3n) is 3.97. The first-order valence-corrected chi connectivity index (χ1v) is 10.9. The van der Waals surface area contributed by atoms with Gasteiger partial charge in [0.2, 0.25) is 0 Å². The van der Waals surface area contributed by atoms with Gasteiger partial charge < -0.3 is 23.9 Å². The van der Waals surface area contributed by atoms with Gasteiger partial charge in [0, 0.05) is 26.4 Å².